The molecule has 5 rings (SSSR count). The Labute approximate surface area is 167 Å². The minimum atomic E-state index is 0.114. The molecule has 0 bridgehead atoms. The lowest BCUT2D eigenvalue weighted by Crippen LogP contribution is -2.33. The van der Waals surface area contributed by atoms with E-state index < -0.39 is 0 Å². The van der Waals surface area contributed by atoms with Gasteiger partial charge in [-0.05, 0) is 57.8 Å². The van der Waals surface area contributed by atoms with Crippen LogP contribution in [0.15, 0.2) is 54.7 Å². The average Bonchev–Trinajstić information content (AvgIpc) is 2.66. The van der Waals surface area contributed by atoms with E-state index in [0.717, 1.165) is 0 Å². The number of rotatable bonds is 0. The molecule has 0 saturated carbocycles. The molecule has 0 atom stereocenters. The van der Waals surface area contributed by atoms with Crippen molar-refractivity contribution in [2.24, 2.45) is 7.05 Å². The Morgan fingerprint density at radius 2 is 1.64 bits per heavy atom. The fourth-order valence-electron chi connectivity index (χ4n) is 4.68. The fourth-order valence-corrected chi connectivity index (χ4v) is 4.68. The number of hydrogen-bond donors (Lipinski definition) is 0. The van der Waals surface area contributed by atoms with E-state index in [4.69, 9.17) is 0 Å². The maximum atomic E-state index is 2.39. The molecule has 2 heterocycles. The maximum Gasteiger partial charge on any atom is 0.224 e. The van der Waals surface area contributed by atoms with Crippen LogP contribution >= 0.6 is 0 Å². The van der Waals surface area contributed by atoms with Crippen LogP contribution in [0.5, 0.6) is 0 Å². The summed E-state index contributed by atoms with van der Waals surface area (Å²) in [6, 6.07) is 18.1. The van der Waals surface area contributed by atoms with Gasteiger partial charge >= 0.3 is 0 Å². The summed E-state index contributed by atoms with van der Waals surface area (Å²) in [5.74, 6) is 0. The minimum Gasteiger partial charge on any atom is -0.343 e. The number of nitrogens with zero attached hydrogens (tertiary/aromatic N) is 2. The highest BCUT2D eigenvalue weighted by Crippen LogP contribution is 2.49. The first kappa shape index (κ1) is 17.2. The van der Waals surface area contributed by atoms with E-state index >= 15 is 0 Å². The summed E-state index contributed by atoms with van der Waals surface area (Å²) in [5.41, 5.74) is 8.11. The molecule has 0 unspecified atom stereocenters. The number of fused-ring (bicyclic) bond motifs is 3. The second-order valence-corrected chi connectivity index (χ2v) is 9.16. The highest BCUT2D eigenvalue weighted by molar-refractivity contribution is 6.13. The third-order valence-corrected chi connectivity index (χ3v) is 6.33. The first-order valence-corrected chi connectivity index (χ1v) is 10.0. The molecule has 1 aliphatic rings. The van der Waals surface area contributed by atoms with E-state index in [2.05, 4.69) is 106 Å². The molecular formula is C26H27N2+. The smallest absolute Gasteiger partial charge is 0.224 e. The van der Waals surface area contributed by atoms with Gasteiger partial charge in [0.1, 0.15) is 7.05 Å². The number of anilines is 2. The highest BCUT2D eigenvalue weighted by atomic mass is 15.1. The Balaban J connectivity index is 1.98. The lowest BCUT2D eigenvalue weighted by molar-refractivity contribution is -0.659. The third-order valence-electron chi connectivity index (χ3n) is 6.33. The second-order valence-electron chi connectivity index (χ2n) is 9.16. The van der Waals surface area contributed by atoms with Crippen molar-refractivity contribution in [2.45, 2.75) is 33.1 Å². The lowest BCUT2D eigenvalue weighted by atomic mass is 9.83. The zero-order chi connectivity index (χ0) is 19.8. The number of aromatic nitrogens is 1. The van der Waals surface area contributed by atoms with Crippen LogP contribution < -0.4 is 9.47 Å². The highest BCUT2D eigenvalue weighted by Gasteiger charge is 2.32. The fraction of sp³-hybridized carbons (Fsp3) is 0.269. The first-order valence-electron chi connectivity index (χ1n) is 10.0. The van der Waals surface area contributed by atoms with Crippen LogP contribution in [0.4, 0.5) is 11.4 Å². The predicted molar refractivity (Wildman–Crippen MR) is 120 cm³/mol. The summed E-state index contributed by atoms with van der Waals surface area (Å²) in [6.07, 6.45) is 2.21. The minimum absolute atomic E-state index is 0.114. The number of benzene rings is 3. The lowest BCUT2D eigenvalue weighted by Gasteiger charge is -2.32. The maximum absolute atomic E-state index is 2.39. The van der Waals surface area contributed by atoms with Gasteiger partial charge in [0.25, 0.3) is 0 Å². The average molecular weight is 368 g/mol. The Morgan fingerprint density at radius 3 is 2.39 bits per heavy atom. The largest absolute Gasteiger partial charge is 0.343 e. The van der Waals surface area contributed by atoms with Crippen LogP contribution in [-0.2, 0) is 12.5 Å². The summed E-state index contributed by atoms with van der Waals surface area (Å²) in [5, 5.41) is 5.31. The van der Waals surface area contributed by atoms with Crippen molar-refractivity contribution in [1.82, 2.24) is 0 Å². The van der Waals surface area contributed by atoms with Crippen LogP contribution in [-0.4, -0.2) is 7.05 Å². The molecule has 0 fully saturated rings. The molecule has 1 aromatic heterocycles. The van der Waals surface area contributed by atoms with Crippen molar-refractivity contribution < 1.29 is 4.57 Å². The molecule has 140 valence electrons. The zero-order valence-corrected chi connectivity index (χ0v) is 17.6. The molecule has 1 aliphatic heterocycles. The van der Waals surface area contributed by atoms with Gasteiger partial charge in [0, 0.05) is 13.1 Å². The molecule has 28 heavy (non-hydrogen) atoms. The van der Waals surface area contributed by atoms with Crippen molar-refractivity contribution in [1.29, 1.82) is 0 Å². The topological polar surface area (TPSA) is 7.12 Å². The van der Waals surface area contributed by atoms with Crippen LogP contribution in [0.3, 0.4) is 0 Å². The molecule has 0 radical (unpaired) electrons. The summed E-state index contributed by atoms with van der Waals surface area (Å²) in [6.45, 7) is 9.14. The van der Waals surface area contributed by atoms with Gasteiger partial charge < -0.3 is 4.90 Å². The summed E-state index contributed by atoms with van der Waals surface area (Å²) >= 11 is 0. The van der Waals surface area contributed by atoms with Gasteiger partial charge in [-0.15, -0.1) is 0 Å². The van der Waals surface area contributed by atoms with Crippen LogP contribution in [0.1, 0.15) is 31.9 Å². The summed E-state index contributed by atoms with van der Waals surface area (Å²) < 4.78 is 2.29. The van der Waals surface area contributed by atoms with Gasteiger partial charge in [0.15, 0.2) is 6.20 Å². The molecule has 0 aliphatic carbocycles. The van der Waals surface area contributed by atoms with Crippen LogP contribution in [0, 0.1) is 6.92 Å². The van der Waals surface area contributed by atoms with Crippen molar-refractivity contribution in [3.05, 3.63) is 65.9 Å². The SMILES string of the molecule is Cc1c2c(cc3ccccc13)N(C)c1cc(C(C)(C)C)cc3cc[n+](C)c-2c13. The van der Waals surface area contributed by atoms with E-state index in [0.29, 0.717) is 0 Å². The Bertz CT molecular complexity index is 1280. The Morgan fingerprint density at radius 1 is 0.893 bits per heavy atom. The molecule has 4 aromatic rings. The number of aryl methyl sites for hydroxylation is 2. The van der Waals surface area contributed by atoms with E-state index in [9.17, 15) is 0 Å². The number of pyridine rings is 1. The normalized spacial score (nSPS) is 13.3. The van der Waals surface area contributed by atoms with Gasteiger partial charge in [-0.3, -0.25) is 0 Å². The summed E-state index contributed by atoms with van der Waals surface area (Å²) in [7, 11) is 4.38. The quantitative estimate of drug-likeness (QED) is 0.337. The van der Waals surface area contributed by atoms with Gasteiger partial charge in [-0.1, -0.05) is 45.0 Å². The van der Waals surface area contributed by atoms with E-state index in [1.807, 2.05) is 0 Å². The number of hydrogen-bond acceptors (Lipinski definition) is 1. The van der Waals surface area contributed by atoms with E-state index in [1.54, 1.807) is 0 Å². The van der Waals surface area contributed by atoms with Crippen molar-refractivity contribution in [3.63, 3.8) is 0 Å². The van der Waals surface area contributed by atoms with Gasteiger partial charge in [0.05, 0.1) is 22.3 Å². The van der Waals surface area contributed by atoms with Gasteiger partial charge in [-0.25, -0.2) is 4.57 Å². The van der Waals surface area contributed by atoms with Gasteiger partial charge in [0.2, 0.25) is 5.69 Å². The Kier molecular flexibility index (Phi) is 3.43. The molecule has 2 heteroatoms. The predicted octanol–water partition coefficient (Wildman–Crippen LogP) is 6.17. The standard InChI is InChI=1S/C26H27N2/c1-16-20-10-8-7-9-17(20)14-21-23(16)25-24-18(11-12-27(25)5)13-19(26(2,3)4)15-22(24)28(21)6/h7-15H,1-6H3/q+1. The molecule has 0 amide bonds. The van der Waals surface area contributed by atoms with Crippen molar-refractivity contribution in [3.8, 4) is 11.3 Å². The van der Waals surface area contributed by atoms with Gasteiger partial charge in [-0.2, -0.15) is 0 Å². The molecule has 0 saturated heterocycles. The molecule has 0 spiro atoms. The molecule has 0 N–H and O–H groups in total. The zero-order valence-electron chi connectivity index (χ0n) is 17.6. The molecule has 3 aromatic carbocycles. The summed E-state index contributed by atoms with van der Waals surface area (Å²) in [4.78, 5) is 2.39. The van der Waals surface area contributed by atoms with Crippen LogP contribution in [0.25, 0.3) is 32.8 Å². The third kappa shape index (κ3) is 2.24. The second kappa shape index (κ2) is 5.57. The van der Waals surface area contributed by atoms with E-state index in [-0.39, 0.29) is 5.41 Å². The molecular weight excluding hydrogens is 340 g/mol. The van der Waals surface area contributed by atoms with Crippen LogP contribution in [0.2, 0.25) is 0 Å². The van der Waals surface area contributed by atoms with E-state index in [1.165, 1.54) is 55.3 Å². The van der Waals surface area contributed by atoms with Crippen molar-refractivity contribution >= 4 is 32.9 Å². The first-order chi connectivity index (χ1) is 13.3. The Hall–Kier alpha value is -2.87. The molecule has 2 nitrogen and oxygen atoms in total. The van der Waals surface area contributed by atoms with Crippen molar-refractivity contribution in [2.75, 3.05) is 11.9 Å². The monoisotopic (exact) mass is 367 g/mol.